The molecule has 1 atom stereocenters. The molecule has 5 nitrogen and oxygen atoms in total. The number of nitrogens with one attached hydrogen (secondary N) is 2. The van der Waals surface area contributed by atoms with Gasteiger partial charge < -0.3 is 15.4 Å². The van der Waals surface area contributed by atoms with Crippen LogP contribution in [0.2, 0.25) is 0 Å². The van der Waals surface area contributed by atoms with Crippen LogP contribution in [0.4, 0.5) is 4.39 Å². The number of carboxylic acid groups (broad SMARTS) is 1. The van der Waals surface area contributed by atoms with Crippen LogP contribution in [0, 0.1) is 5.82 Å². The molecular weight excluding hydrogens is 263 g/mol. The number of rotatable bonds is 5. The highest BCUT2D eigenvalue weighted by Crippen LogP contribution is 2.18. The maximum Gasteiger partial charge on any atom is 0.303 e. The van der Waals surface area contributed by atoms with Gasteiger partial charge in [0.2, 0.25) is 0 Å². The molecule has 2 aromatic rings. The zero-order valence-corrected chi connectivity index (χ0v) is 10.9. The van der Waals surface area contributed by atoms with Crippen molar-refractivity contribution in [3.05, 3.63) is 35.8 Å². The van der Waals surface area contributed by atoms with Crippen molar-refractivity contribution in [2.75, 3.05) is 0 Å². The van der Waals surface area contributed by atoms with Crippen molar-refractivity contribution in [2.45, 2.75) is 25.8 Å². The van der Waals surface area contributed by atoms with E-state index in [-0.39, 0.29) is 24.1 Å². The smallest absolute Gasteiger partial charge is 0.303 e. The predicted molar refractivity (Wildman–Crippen MR) is 72.1 cm³/mol. The topological polar surface area (TPSA) is 82.2 Å². The van der Waals surface area contributed by atoms with Gasteiger partial charge in [0.1, 0.15) is 11.5 Å². The first-order valence-electron chi connectivity index (χ1n) is 6.27. The number of carbonyl (C=O) groups excluding carboxylic acids is 1. The molecular formula is C14H15FN2O3. The zero-order chi connectivity index (χ0) is 14.7. The van der Waals surface area contributed by atoms with Gasteiger partial charge in [0.15, 0.2) is 0 Å². The number of carbonyl (C=O) groups is 2. The van der Waals surface area contributed by atoms with Crippen LogP contribution in [0.15, 0.2) is 24.3 Å². The molecule has 0 aliphatic carbocycles. The number of hydrogen-bond donors (Lipinski definition) is 3. The van der Waals surface area contributed by atoms with Crippen molar-refractivity contribution < 1.29 is 19.1 Å². The summed E-state index contributed by atoms with van der Waals surface area (Å²) in [6.45, 7) is 1.73. The minimum absolute atomic E-state index is 0.0111. The summed E-state index contributed by atoms with van der Waals surface area (Å²) in [7, 11) is 0. The van der Waals surface area contributed by atoms with Gasteiger partial charge in [-0.3, -0.25) is 9.59 Å². The van der Waals surface area contributed by atoms with E-state index in [1.165, 1.54) is 12.1 Å². The lowest BCUT2D eigenvalue weighted by molar-refractivity contribution is -0.137. The fraction of sp³-hybridized carbons (Fsp3) is 0.286. The van der Waals surface area contributed by atoms with E-state index < -0.39 is 11.8 Å². The maximum absolute atomic E-state index is 13.5. The fourth-order valence-corrected chi connectivity index (χ4v) is 1.95. The molecule has 0 aliphatic rings. The van der Waals surface area contributed by atoms with E-state index in [9.17, 15) is 14.0 Å². The Morgan fingerprint density at radius 3 is 2.85 bits per heavy atom. The zero-order valence-electron chi connectivity index (χ0n) is 10.9. The Morgan fingerprint density at radius 1 is 1.45 bits per heavy atom. The van der Waals surface area contributed by atoms with Gasteiger partial charge in [0.25, 0.3) is 5.91 Å². The van der Waals surface area contributed by atoms with Crippen molar-refractivity contribution in [3.8, 4) is 0 Å². The van der Waals surface area contributed by atoms with Gasteiger partial charge >= 0.3 is 5.97 Å². The molecule has 0 spiro atoms. The van der Waals surface area contributed by atoms with Crippen LogP contribution in [-0.4, -0.2) is 28.0 Å². The third kappa shape index (κ3) is 3.14. The van der Waals surface area contributed by atoms with Crippen LogP contribution in [-0.2, 0) is 4.79 Å². The highest BCUT2D eigenvalue weighted by Gasteiger charge is 2.14. The second-order valence-corrected chi connectivity index (χ2v) is 4.69. The molecule has 0 aliphatic heterocycles. The molecule has 0 bridgehead atoms. The Balaban J connectivity index is 2.07. The van der Waals surface area contributed by atoms with Gasteiger partial charge in [-0.05, 0) is 31.5 Å². The highest BCUT2D eigenvalue weighted by molar-refractivity contribution is 5.98. The van der Waals surface area contributed by atoms with Crippen molar-refractivity contribution in [1.29, 1.82) is 0 Å². The lowest BCUT2D eigenvalue weighted by atomic mass is 10.2. The average molecular weight is 278 g/mol. The monoisotopic (exact) mass is 278 g/mol. The maximum atomic E-state index is 13.5. The number of aromatic amines is 1. The Hall–Kier alpha value is -2.37. The van der Waals surface area contributed by atoms with Gasteiger partial charge in [-0.15, -0.1) is 0 Å². The normalized spacial score (nSPS) is 12.3. The SMILES string of the molecule is CC(CCC(=O)O)NC(=O)c1cc2c(F)cccc2[nH]1. The van der Waals surface area contributed by atoms with Crippen molar-refractivity contribution in [3.63, 3.8) is 0 Å². The first kappa shape index (κ1) is 14.0. The number of aliphatic carboxylic acids is 1. The molecule has 2 rings (SSSR count). The molecule has 1 aromatic carbocycles. The molecule has 3 N–H and O–H groups in total. The molecule has 0 radical (unpaired) electrons. The summed E-state index contributed by atoms with van der Waals surface area (Å²) < 4.78 is 13.5. The molecule has 0 saturated heterocycles. The molecule has 1 unspecified atom stereocenters. The second-order valence-electron chi connectivity index (χ2n) is 4.69. The van der Waals surface area contributed by atoms with Crippen LogP contribution in [0.5, 0.6) is 0 Å². The third-order valence-corrected chi connectivity index (χ3v) is 3.02. The van der Waals surface area contributed by atoms with E-state index in [0.717, 1.165) is 0 Å². The Kier molecular flexibility index (Phi) is 4.02. The van der Waals surface area contributed by atoms with E-state index >= 15 is 0 Å². The average Bonchev–Trinajstić information content (AvgIpc) is 2.82. The van der Waals surface area contributed by atoms with Crippen molar-refractivity contribution >= 4 is 22.8 Å². The van der Waals surface area contributed by atoms with Crippen molar-refractivity contribution in [2.24, 2.45) is 0 Å². The second kappa shape index (κ2) is 5.73. The Morgan fingerprint density at radius 2 is 2.20 bits per heavy atom. The van der Waals surface area contributed by atoms with Crippen LogP contribution in [0.1, 0.15) is 30.3 Å². The molecule has 20 heavy (non-hydrogen) atoms. The Bertz CT molecular complexity index is 651. The van der Waals surface area contributed by atoms with Crippen LogP contribution in [0.25, 0.3) is 10.9 Å². The quantitative estimate of drug-likeness (QED) is 0.784. The molecule has 6 heteroatoms. The molecule has 0 saturated carbocycles. The van der Waals surface area contributed by atoms with Gasteiger partial charge in [-0.25, -0.2) is 4.39 Å². The van der Waals surface area contributed by atoms with Crippen LogP contribution < -0.4 is 5.32 Å². The van der Waals surface area contributed by atoms with Crippen LogP contribution >= 0.6 is 0 Å². The van der Waals surface area contributed by atoms with E-state index in [0.29, 0.717) is 17.3 Å². The van der Waals surface area contributed by atoms with Crippen LogP contribution in [0.3, 0.4) is 0 Å². The first-order valence-corrected chi connectivity index (χ1v) is 6.27. The van der Waals surface area contributed by atoms with Gasteiger partial charge in [0, 0.05) is 23.4 Å². The molecule has 1 amide bonds. The summed E-state index contributed by atoms with van der Waals surface area (Å²) in [4.78, 5) is 25.3. The van der Waals surface area contributed by atoms with E-state index in [1.807, 2.05) is 0 Å². The highest BCUT2D eigenvalue weighted by atomic mass is 19.1. The number of hydrogen-bond acceptors (Lipinski definition) is 2. The molecule has 1 aromatic heterocycles. The third-order valence-electron chi connectivity index (χ3n) is 3.02. The number of amides is 1. The first-order chi connectivity index (χ1) is 9.47. The number of aromatic nitrogens is 1. The van der Waals surface area contributed by atoms with Crippen molar-refractivity contribution in [1.82, 2.24) is 10.3 Å². The number of H-pyrrole nitrogens is 1. The van der Waals surface area contributed by atoms with E-state index in [4.69, 9.17) is 5.11 Å². The minimum Gasteiger partial charge on any atom is -0.481 e. The largest absolute Gasteiger partial charge is 0.481 e. The molecule has 1 heterocycles. The summed E-state index contributed by atoms with van der Waals surface area (Å²) in [6.07, 6.45) is 0.332. The van der Waals surface area contributed by atoms with E-state index in [2.05, 4.69) is 10.3 Å². The summed E-state index contributed by atoms with van der Waals surface area (Å²) in [6, 6.07) is 5.75. The molecule has 0 fully saturated rings. The van der Waals surface area contributed by atoms with Gasteiger partial charge in [-0.2, -0.15) is 0 Å². The van der Waals surface area contributed by atoms with E-state index in [1.54, 1.807) is 19.1 Å². The molecule has 106 valence electrons. The number of carboxylic acids is 1. The lowest BCUT2D eigenvalue weighted by Gasteiger charge is -2.11. The Labute approximate surface area is 114 Å². The standard InChI is InChI=1S/C14H15FN2O3/c1-8(5-6-13(18)19)16-14(20)12-7-9-10(15)3-2-4-11(9)17-12/h2-4,7-8,17H,5-6H2,1H3,(H,16,20)(H,18,19). The number of fused-ring (bicyclic) bond motifs is 1. The minimum atomic E-state index is -0.904. The summed E-state index contributed by atoms with van der Waals surface area (Å²) in [5.41, 5.74) is 0.806. The lowest BCUT2D eigenvalue weighted by Crippen LogP contribution is -2.33. The van der Waals surface area contributed by atoms with Gasteiger partial charge in [-0.1, -0.05) is 6.07 Å². The number of benzene rings is 1. The summed E-state index contributed by atoms with van der Waals surface area (Å²) >= 11 is 0. The number of halogens is 1. The predicted octanol–water partition coefficient (Wildman–Crippen LogP) is 2.29. The summed E-state index contributed by atoms with van der Waals surface area (Å²) in [5, 5.41) is 11.6. The summed E-state index contributed by atoms with van der Waals surface area (Å²) in [5.74, 6) is -1.67. The fourth-order valence-electron chi connectivity index (χ4n) is 1.95. The van der Waals surface area contributed by atoms with Gasteiger partial charge in [0.05, 0.1) is 0 Å².